The van der Waals surface area contributed by atoms with E-state index >= 15 is 0 Å². The van der Waals surface area contributed by atoms with E-state index in [9.17, 15) is 4.39 Å². The summed E-state index contributed by atoms with van der Waals surface area (Å²) in [6.45, 7) is 9.57. The summed E-state index contributed by atoms with van der Waals surface area (Å²) in [6.07, 6.45) is 3.79. The number of aliphatic imine (C=N–C) groups is 1. The van der Waals surface area contributed by atoms with E-state index in [1.807, 2.05) is 19.4 Å². The van der Waals surface area contributed by atoms with Gasteiger partial charge in [0.05, 0.1) is 25.9 Å². The summed E-state index contributed by atoms with van der Waals surface area (Å²) in [5.41, 5.74) is 1.61. The number of halogens is 2. The molecule has 0 spiro atoms. The lowest BCUT2D eigenvalue weighted by molar-refractivity contribution is -0.00806. The molecule has 1 N–H and O–H groups in total. The van der Waals surface area contributed by atoms with Crippen molar-refractivity contribution in [1.82, 2.24) is 20.0 Å². The van der Waals surface area contributed by atoms with Crippen LogP contribution in [0.2, 0.25) is 5.02 Å². The van der Waals surface area contributed by atoms with Crippen LogP contribution >= 0.6 is 11.6 Å². The van der Waals surface area contributed by atoms with E-state index in [0.717, 1.165) is 30.2 Å². The lowest BCUT2D eigenvalue weighted by Crippen LogP contribution is -2.48. The van der Waals surface area contributed by atoms with Crippen molar-refractivity contribution < 1.29 is 9.13 Å². The van der Waals surface area contributed by atoms with E-state index in [4.69, 9.17) is 21.3 Å². The third kappa shape index (κ3) is 5.28. The van der Waals surface area contributed by atoms with Crippen molar-refractivity contribution in [2.75, 3.05) is 32.8 Å². The Bertz CT molecular complexity index is 867. The number of ether oxygens (including phenoxy) is 1. The average molecular weight is 422 g/mol. The Kier molecular flexibility index (Phi) is 6.80. The molecule has 0 bridgehead atoms. The highest BCUT2D eigenvalue weighted by molar-refractivity contribution is 6.31. The van der Waals surface area contributed by atoms with Gasteiger partial charge in [-0.1, -0.05) is 31.5 Å². The Hall–Kier alpha value is -2.12. The monoisotopic (exact) mass is 421 g/mol. The van der Waals surface area contributed by atoms with E-state index in [-0.39, 0.29) is 17.3 Å². The Balaban J connectivity index is 1.76. The van der Waals surface area contributed by atoms with Crippen molar-refractivity contribution in [2.45, 2.75) is 32.3 Å². The number of nitrogens with zero attached hydrogens (tertiary/aromatic N) is 4. The van der Waals surface area contributed by atoms with Crippen LogP contribution in [0.15, 0.2) is 35.6 Å². The molecule has 0 saturated carbocycles. The molecular formula is C21H29ClFN5O. The topological polar surface area (TPSA) is 54.7 Å². The first-order chi connectivity index (χ1) is 13.8. The van der Waals surface area contributed by atoms with Crippen LogP contribution < -0.4 is 5.32 Å². The number of hydrogen-bond acceptors (Lipinski definition) is 3. The quantitative estimate of drug-likeness (QED) is 0.592. The lowest BCUT2D eigenvalue weighted by Gasteiger charge is -2.35. The minimum absolute atomic E-state index is 0.0409. The zero-order valence-corrected chi connectivity index (χ0v) is 18.2. The second kappa shape index (κ2) is 9.13. The van der Waals surface area contributed by atoms with Crippen molar-refractivity contribution in [2.24, 2.45) is 12.0 Å². The van der Waals surface area contributed by atoms with Gasteiger partial charge in [0.25, 0.3) is 0 Å². The molecule has 0 amide bonds. The number of benzene rings is 1. The second-order valence-corrected chi connectivity index (χ2v) is 8.34. The van der Waals surface area contributed by atoms with Crippen molar-refractivity contribution in [3.8, 4) is 0 Å². The maximum absolute atomic E-state index is 13.4. The van der Waals surface area contributed by atoms with Gasteiger partial charge in [0, 0.05) is 42.3 Å². The summed E-state index contributed by atoms with van der Waals surface area (Å²) in [6, 6.07) is 4.54. The predicted molar refractivity (Wildman–Crippen MR) is 114 cm³/mol. The van der Waals surface area contributed by atoms with E-state index in [2.05, 4.69) is 36.1 Å². The van der Waals surface area contributed by atoms with Gasteiger partial charge in [-0.15, -0.1) is 0 Å². The highest BCUT2D eigenvalue weighted by Gasteiger charge is 2.27. The number of guanidine groups is 1. The number of rotatable bonds is 5. The summed E-state index contributed by atoms with van der Waals surface area (Å²) < 4.78 is 21.2. The molecule has 1 aromatic heterocycles. The summed E-state index contributed by atoms with van der Waals surface area (Å²) >= 11 is 6.29. The number of aromatic nitrogens is 2. The molecule has 158 valence electrons. The molecule has 1 unspecified atom stereocenters. The first kappa shape index (κ1) is 21.6. The van der Waals surface area contributed by atoms with Gasteiger partial charge in [0.2, 0.25) is 0 Å². The van der Waals surface area contributed by atoms with Gasteiger partial charge >= 0.3 is 0 Å². The van der Waals surface area contributed by atoms with E-state index < -0.39 is 0 Å². The molecule has 3 rings (SSSR count). The second-order valence-electron chi connectivity index (χ2n) is 7.93. The molecule has 1 fully saturated rings. The van der Waals surface area contributed by atoms with Crippen LogP contribution in [0.4, 0.5) is 4.39 Å². The van der Waals surface area contributed by atoms with E-state index in [0.29, 0.717) is 24.7 Å². The van der Waals surface area contributed by atoms with Crippen molar-refractivity contribution in [3.05, 3.63) is 52.6 Å². The molecule has 2 aromatic rings. The summed E-state index contributed by atoms with van der Waals surface area (Å²) in [5, 5.41) is 8.06. The first-order valence-electron chi connectivity index (χ1n) is 9.89. The van der Waals surface area contributed by atoms with Crippen LogP contribution in [-0.4, -0.2) is 53.4 Å². The fourth-order valence-corrected chi connectivity index (χ4v) is 3.89. The van der Waals surface area contributed by atoms with Gasteiger partial charge in [-0.3, -0.25) is 9.67 Å². The Morgan fingerprint density at radius 2 is 2.24 bits per heavy atom. The first-order valence-corrected chi connectivity index (χ1v) is 10.3. The largest absolute Gasteiger partial charge is 0.370 e. The van der Waals surface area contributed by atoms with Crippen LogP contribution in [0.1, 0.15) is 38.0 Å². The van der Waals surface area contributed by atoms with Gasteiger partial charge in [0.1, 0.15) is 11.9 Å². The van der Waals surface area contributed by atoms with Crippen LogP contribution in [0.3, 0.4) is 0 Å². The van der Waals surface area contributed by atoms with Crippen LogP contribution in [-0.2, 0) is 17.2 Å². The zero-order chi connectivity index (χ0) is 21.0. The zero-order valence-electron chi connectivity index (χ0n) is 17.5. The van der Waals surface area contributed by atoms with Gasteiger partial charge in [-0.25, -0.2) is 4.39 Å². The SMILES string of the molecule is CCNC(=NCC(C)(C)c1ccc(F)cc1Cl)N1CCOC(c2cnn(C)c2)C1. The molecule has 1 saturated heterocycles. The summed E-state index contributed by atoms with van der Waals surface area (Å²) in [7, 11) is 1.90. The Labute approximate surface area is 176 Å². The maximum Gasteiger partial charge on any atom is 0.194 e. The molecule has 1 aromatic carbocycles. The molecule has 1 aliphatic heterocycles. The van der Waals surface area contributed by atoms with Crippen LogP contribution in [0.25, 0.3) is 0 Å². The molecule has 1 atom stereocenters. The summed E-state index contributed by atoms with van der Waals surface area (Å²) in [5.74, 6) is 0.511. The molecule has 6 nitrogen and oxygen atoms in total. The molecule has 0 radical (unpaired) electrons. The van der Waals surface area contributed by atoms with Gasteiger partial charge in [0.15, 0.2) is 5.96 Å². The average Bonchev–Trinajstić information content (AvgIpc) is 3.11. The number of morpholine rings is 1. The number of hydrogen-bond donors (Lipinski definition) is 1. The molecular weight excluding hydrogens is 393 g/mol. The Morgan fingerprint density at radius 3 is 2.90 bits per heavy atom. The fraction of sp³-hybridized carbons (Fsp3) is 0.524. The number of nitrogens with one attached hydrogen (secondary N) is 1. The van der Waals surface area contributed by atoms with E-state index in [1.54, 1.807) is 10.7 Å². The van der Waals surface area contributed by atoms with Crippen molar-refractivity contribution in [1.29, 1.82) is 0 Å². The third-order valence-electron chi connectivity index (χ3n) is 5.08. The normalized spacial score (nSPS) is 18.2. The van der Waals surface area contributed by atoms with Crippen molar-refractivity contribution in [3.63, 3.8) is 0 Å². The summed E-state index contributed by atoms with van der Waals surface area (Å²) in [4.78, 5) is 7.10. The molecule has 0 aliphatic carbocycles. The molecule has 2 heterocycles. The smallest absolute Gasteiger partial charge is 0.194 e. The highest BCUT2D eigenvalue weighted by atomic mass is 35.5. The molecule has 1 aliphatic rings. The van der Waals surface area contributed by atoms with Gasteiger partial charge < -0.3 is 15.0 Å². The highest BCUT2D eigenvalue weighted by Crippen LogP contribution is 2.31. The maximum atomic E-state index is 13.4. The molecule has 29 heavy (non-hydrogen) atoms. The minimum atomic E-state index is -0.333. The minimum Gasteiger partial charge on any atom is -0.370 e. The fourth-order valence-electron chi connectivity index (χ4n) is 3.47. The third-order valence-corrected chi connectivity index (χ3v) is 5.39. The van der Waals surface area contributed by atoms with Gasteiger partial charge in [-0.2, -0.15) is 5.10 Å². The van der Waals surface area contributed by atoms with Crippen molar-refractivity contribution >= 4 is 17.6 Å². The lowest BCUT2D eigenvalue weighted by atomic mass is 9.84. The van der Waals surface area contributed by atoms with Crippen LogP contribution in [0.5, 0.6) is 0 Å². The standard InChI is InChI=1S/C21H29ClFN5O/c1-5-24-20(25-14-21(2,3)17-7-6-16(23)10-18(17)22)28-8-9-29-19(13-28)15-11-26-27(4)12-15/h6-7,10-12,19H,5,8-9,13-14H2,1-4H3,(H,24,25). The molecule has 8 heteroatoms. The van der Waals surface area contributed by atoms with Gasteiger partial charge in [-0.05, 0) is 24.6 Å². The predicted octanol–water partition coefficient (Wildman–Crippen LogP) is 3.53. The van der Waals surface area contributed by atoms with E-state index in [1.165, 1.54) is 12.1 Å². The Morgan fingerprint density at radius 1 is 1.45 bits per heavy atom. The number of aryl methyl sites for hydroxylation is 1. The van der Waals surface area contributed by atoms with Crippen LogP contribution in [0, 0.1) is 5.82 Å².